The zero-order valence-corrected chi connectivity index (χ0v) is 17.3. The maximum atomic E-state index is 12.1. The number of hydrazine groups is 1. The van der Waals surface area contributed by atoms with Gasteiger partial charge in [-0.3, -0.25) is 25.2 Å². The van der Waals surface area contributed by atoms with Gasteiger partial charge in [0.15, 0.2) is 10.4 Å². The first kappa shape index (κ1) is 21.1. The molecular formula is C21H18BrN3O5. The maximum Gasteiger partial charge on any atom is 0.287 e. The highest BCUT2D eigenvalue weighted by Crippen LogP contribution is 2.14. The van der Waals surface area contributed by atoms with Crippen LogP contribution < -0.4 is 20.9 Å². The molecule has 0 saturated heterocycles. The third-order valence-corrected chi connectivity index (χ3v) is 4.31. The summed E-state index contributed by atoms with van der Waals surface area (Å²) in [6.45, 7) is 0.0434. The number of benzene rings is 2. The van der Waals surface area contributed by atoms with Gasteiger partial charge in [0.05, 0.1) is 6.54 Å². The number of hydrogen-bond donors (Lipinski definition) is 3. The zero-order valence-electron chi connectivity index (χ0n) is 15.7. The van der Waals surface area contributed by atoms with Crippen LogP contribution in [0.1, 0.15) is 26.5 Å². The van der Waals surface area contributed by atoms with Crippen LogP contribution in [0.4, 0.5) is 0 Å². The van der Waals surface area contributed by atoms with Crippen LogP contribution in [0.3, 0.4) is 0 Å². The van der Waals surface area contributed by atoms with Crippen LogP contribution in [-0.2, 0) is 11.4 Å². The molecule has 1 aromatic heterocycles. The minimum atomic E-state index is -0.588. The van der Waals surface area contributed by atoms with Crippen LogP contribution in [0, 0.1) is 0 Å². The van der Waals surface area contributed by atoms with E-state index in [-0.39, 0.29) is 12.3 Å². The zero-order chi connectivity index (χ0) is 21.3. The van der Waals surface area contributed by atoms with E-state index in [1.54, 1.807) is 30.3 Å². The smallest absolute Gasteiger partial charge is 0.287 e. The molecule has 3 amide bonds. The van der Waals surface area contributed by atoms with E-state index in [2.05, 4.69) is 32.1 Å². The Hall–Kier alpha value is -3.59. The molecule has 3 rings (SSSR count). The summed E-state index contributed by atoms with van der Waals surface area (Å²) >= 11 is 3.09. The summed E-state index contributed by atoms with van der Waals surface area (Å²) in [7, 11) is 0. The van der Waals surface area contributed by atoms with Gasteiger partial charge in [-0.05, 0) is 57.9 Å². The van der Waals surface area contributed by atoms with Crippen LogP contribution in [0.25, 0.3) is 0 Å². The number of furan rings is 1. The van der Waals surface area contributed by atoms with E-state index in [1.165, 1.54) is 6.07 Å². The summed E-state index contributed by atoms with van der Waals surface area (Å²) in [4.78, 5) is 35.7. The first-order valence-electron chi connectivity index (χ1n) is 8.91. The van der Waals surface area contributed by atoms with Crippen molar-refractivity contribution < 1.29 is 23.5 Å². The lowest BCUT2D eigenvalue weighted by molar-refractivity contribution is -0.120. The van der Waals surface area contributed by atoms with Gasteiger partial charge in [0.25, 0.3) is 17.7 Å². The average Bonchev–Trinajstić information content (AvgIpc) is 3.22. The van der Waals surface area contributed by atoms with Crippen molar-refractivity contribution in [3.05, 3.63) is 88.3 Å². The Morgan fingerprint density at radius 3 is 2.27 bits per heavy atom. The summed E-state index contributed by atoms with van der Waals surface area (Å²) < 4.78 is 11.1. The molecule has 0 atom stereocenters. The quantitative estimate of drug-likeness (QED) is 0.459. The summed E-state index contributed by atoms with van der Waals surface area (Å²) in [5, 5.41) is 2.38. The number of hydrogen-bond acceptors (Lipinski definition) is 5. The van der Waals surface area contributed by atoms with Crippen molar-refractivity contribution in [1.82, 2.24) is 16.2 Å². The van der Waals surface area contributed by atoms with Crippen molar-refractivity contribution in [2.75, 3.05) is 6.54 Å². The number of carbonyl (C=O) groups is 3. The van der Waals surface area contributed by atoms with Crippen molar-refractivity contribution in [2.45, 2.75) is 6.61 Å². The SMILES string of the molecule is O=C(CNC(=O)c1ccc(Br)o1)NNC(=O)c1ccc(COc2ccccc2)cc1. The Morgan fingerprint density at radius 1 is 0.867 bits per heavy atom. The topological polar surface area (TPSA) is 110 Å². The largest absolute Gasteiger partial charge is 0.489 e. The Bertz CT molecular complexity index is 1020. The highest BCUT2D eigenvalue weighted by molar-refractivity contribution is 9.10. The number of para-hydroxylation sites is 1. The lowest BCUT2D eigenvalue weighted by Gasteiger charge is -2.09. The molecule has 0 saturated carbocycles. The maximum absolute atomic E-state index is 12.1. The van der Waals surface area contributed by atoms with Crippen molar-refractivity contribution >= 4 is 33.7 Å². The summed E-state index contributed by atoms with van der Waals surface area (Å²) in [5.41, 5.74) is 5.79. The summed E-state index contributed by atoms with van der Waals surface area (Å²) in [5.74, 6) is -0.797. The van der Waals surface area contributed by atoms with Crippen LogP contribution in [0.2, 0.25) is 0 Å². The first-order chi connectivity index (χ1) is 14.5. The molecule has 9 heteroatoms. The van der Waals surface area contributed by atoms with Crippen molar-refractivity contribution in [3.63, 3.8) is 0 Å². The van der Waals surface area contributed by atoms with Crippen molar-refractivity contribution in [2.24, 2.45) is 0 Å². The minimum Gasteiger partial charge on any atom is -0.489 e. The van der Waals surface area contributed by atoms with Crippen LogP contribution in [0.5, 0.6) is 5.75 Å². The van der Waals surface area contributed by atoms with E-state index in [0.717, 1.165) is 11.3 Å². The highest BCUT2D eigenvalue weighted by atomic mass is 79.9. The second-order valence-electron chi connectivity index (χ2n) is 6.09. The van der Waals surface area contributed by atoms with Gasteiger partial charge < -0.3 is 14.5 Å². The van der Waals surface area contributed by atoms with Crippen LogP contribution >= 0.6 is 15.9 Å². The molecule has 30 heavy (non-hydrogen) atoms. The van der Waals surface area contributed by atoms with Crippen molar-refractivity contribution in [3.8, 4) is 5.75 Å². The molecule has 154 valence electrons. The Labute approximate surface area is 180 Å². The van der Waals surface area contributed by atoms with E-state index in [1.807, 2.05) is 30.3 Å². The monoisotopic (exact) mass is 471 g/mol. The number of carbonyl (C=O) groups excluding carboxylic acids is 3. The van der Waals surface area contributed by atoms with Gasteiger partial charge >= 0.3 is 0 Å². The van der Waals surface area contributed by atoms with Crippen LogP contribution in [-0.4, -0.2) is 24.3 Å². The lowest BCUT2D eigenvalue weighted by atomic mass is 10.1. The molecule has 3 N–H and O–H groups in total. The van der Waals surface area contributed by atoms with Crippen molar-refractivity contribution in [1.29, 1.82) is 0 Å². The van der Waals surface area contributed by atoms with Gasteiger partial charge in [0, 0.05) is 5.56 Å². The number of nitrogens with one attached hydrogen (secondary N) is 3. The molecule has 3 aromatic rings. The first-order valence-corrected chi connectivity index (χ1v) is 9.70. The molecule has 0 bridgehead atoms. The lowest BCUT2D eigenvalue weighted by Crippen LogP contribution is -2.46. The molecule has 0 radical (unpaired) electrons. The molecule has 0 fully saturated rings. The normalized spacial score (nSPS) is 10.2. The Kier molecular flexibility index (Phi) is 7.23. The van der Waals surface area contributed by atoms with Crippen LogP contribution in [0.15, 0.2) is 75.8 Å². The fraction of sp³-hybridized carbons (Fsp3) is 0.0952. The molecule has 0 aliphatic rings. The third-order valence-electron chi connectivity index (χ3n) is 3.89. The second-order valence-corrected chi connectivity index (χ2v) is 6.87. The number of halogens is 1. The minimum absolute atomic E-state index is 0.0649. The third kappa shape index (κ3) is 6.21. The van der Waals surface area contributed by atoms with Gasteiger partial charge in [-0.2, -0.15) is 0 Å². The highest BCUT2D eigenvalue weighted by Gasteiger charge is 2.12. The van der Waals surface area contributed by atoms with E-state index in [0.29, 0.717) is 16.8 Å². The van der Waals surface area contributed by atoms with E-state index < -0.39 is 17.7 Å². The molecular weight excluding hydrogens is 454 g/mol. The Balaban J connectivity index is 1.40. The van der Waals surface area contributed by atoms with Gasteiger partial charge in [-0.1, -0.05) is 30.3 Å². The standard InChI is InChI=1S/C21H18BrN3O5/c22-18-11-10-17(30-18)21(28)23-12-19(26)24-25-20(27)15-8-6-14(7-9-15)13-29-16-4-2-1-3-5-16/h1-11H,12-13H2,(H,23,28)(H,24,26)(H,25,27). The number of rotatable bonds is 7. The van der Waals surface area contributed by atoms with E-state index in [4.69, 9.17) is 9.15 Å². The molecule has 8 nitrogen and oxygen atoms in total. The molecule has 0 aliphatic carbocycles. The predicted octanol–water partition coefficient (Wildman–Crippen LogP) is 2.81. The summed E-state index contributed by atoms with van der Waals surface area (Å²) in [6.07, 6.45) is 0. The second kappa shape index (κ2) is 10.3. The molecule has 0 unspecified atom stereocenters. The number of ether oxygens (including phenoxy) is 1. The van der Waals surface area contributed by atoms with Gasteiger partial charge in [-0.15, -0.1) is 0 Å². The van der Waals surface area contributed by atoms with Gasteiger partial charge in [0.2, 0.25) is 0 Å². The molecule has 0 spiro atoms. The summed E-state index contributed by atoms with van der Waals surface area (Å²) in [6, 6.07) is 19.2. The van der Waals surface area contributed by atoms with E-state index >= 15 is 0 Å². The number of amides is 3. The molecule has 2 aromatic carbocycles. The predicted molar refractivity (Wildman–Crippen MR) is 112 cm³/mol. The van der Waals surface area contributed by atoms with E-state index in [9.17, 15) is 14.4 Å². The fourth-order valence-electron chi connectivity index (χ4n) is 2.36. The van der Waals surface area contributed by atoms with Gasteiger partial charge in [0.1, 0.15) is 12.4 Å². The molecule has 0 aliphatic heterocycles. The fourth-order valence-corrected chi connectivity index (χ4v) is 2.67. The average molecular weight is 472 g/mol. The van der Waals surface area contributed by atoms with Gasteiger partial charge in [-0.25, -0.2) is 0 Å². The molecule has 1 heterocycles. The Morgan fingerprint density at radius 2 is 1.60 bits per heavy atom.